The molecule has 0 amide bonds. The number of fused-ring (bicyclic) bond motifs is 1. The minimum atomic E-state index is -0.214. The topological polar surface area (TPSA) is 63.6 Å². The lowest BCUT2D eigenvalue weighted by Gasteiger charge is -1.99. The molecule has 1 saturated carbocycles. The normalized spacial score (nSPS) is 16.1. The van der Waals surface area contributed by atoms with Crippen LogP contribution in [0.4, 0.5) is 0 Å². The van der Waals surface area contributed by atoms with Crippen molar-refractivity contribution in [2.75, 3.05) is 0 Å². The molecular formula is C10H12N4O. The first-order valence-corrected chi connectivity index (χ1v) is 5.24. The number of hydrogen-bond donors (Lipinski definition) is 1. The van der Waals surface area contributed by atoms with Crippen LogP contribution in [0, 0.1) is 0 Å². The molecule has 2 heterocycles. The Labute approximate surface area is 86.2 Å². The zero-order valence-electron chi connectivity index (χ0n) is 8.53. The first kappa shape index (κ1) is 8.64. The molecule has 78 valence electrons. The van der Waals surface area contributed by atoms with E-state index in [2.05, 4.69) is 15.0 Å². The Morgan fingerprint density at radius 3 is 3.07 bits per heavy atom. The average molecular weight is 204 g/mol. The van der Waals surface area contributed by atoms with Crippen LogP contribution in [-0.2, 0) is 6.54 Å². The van der Waals surface area contributed by atoms with Crippen LogP contribution < -0.4 is 5.56 Å². The minimum absolute atomic E-state index is 0.214. The maximum atomic E-state index is 11.5. The lowest BCUT2D eigenvalue weighted by molar-refractivity contribution is 0.755. The van der Waals surface area contributed by atoms with Gasteiger partial charge in [0.1, 0.15) is 12.2 Å². The van der Waals surface area contributed by atoms with E-state index in [1.807, 2.05) is 11.5 Å². The third-order valence-electron chi connectivity index (χ3n) is 2.81. The van der Waals surface area contributed by atoms with Gasteiger partial charge in [-0.15, -0.1) is 0 Å². The Bertz CT molecular complexity index is 564. The lowest BCUT2D eigenvalue weighted by atomic mass is 10.4. The third-order valence-corrected chi connectivity index (χ3v) is 2.81. The number of rotatable bonds is 2. The molecule has 15 heavy (non-hydrogen) atoms. The first-order valence-electron chi connectivity index (χ1n) is 5.24. The van der Waals surface area contributed by atoms with E-state index in [0.29, 0.717) is 11.4 Å². The van der Waals surface area contributed by atoms with Crippen LogP contribution in [-0.4, -0.2) is 19.5 Å². The zero-order chi connectivity index (χ0) is 10.4. The summed E-state index contributed by atoms with van der Waals surface area (Å²) in [4.78, 5) is 22.9. The minimum Gasteiger partial charge on any atom is -0.336 e. The summed E-state index contributed by atoms with van der Waals surface area (Å²) in [7, 11) is 0. The number of H-pyrrole nitrogens is 1. The second kappa shape index (κ2) is 2.92. The Morgan fingerprint density at radius 1 is 1.60 bits per heavy atom. The van der Waals surface area contributed by atoms with Gasteiger partial charge in [0.2, 0.25) is 0 Å². The highest BCUT2D eigenvalue weighted by atomic mass is 16.1. The van der Waals surface area contributed by atoms with Crippen LogP contribution in [0.25, 0.3) is 11.2 Å². The largest absolute Gasteiger partial charge is 0.336 e. The van der Waals surface area contributed by atoms with Crippen molar-refractivity contribution in [1.29, 1.82) is 0 Å². The smallest absolute Gasteiger partial charge is 0.298 e. The third kappa shape index (κ3) is 1.26. The average Bonchev–Trinajstić information content (AvgIpc) is 2.99. The van der Waals surface area contributed by atoms with Crippen molar-refractivity contribution in [3.63, 3.8) is 0 Å². The van der Waals surface area contributed by atoms with Crippen LogP contribution in [0.5, 0.6) is 0 Å². The van der Waals surface area contributed by atoms with Crippen LogP contribution in [0.15, 0.2) is 11.1 Å². The number of aromatic amines is 1. The lowest BCUT2D eigenvalue weighted by Crippen LogP contribution is -2.11. The van der Waals surface area contributed by atoms with Crippen molar-refractivity contribution in [2.45, 2.75) is 32.2 Å². The van der Waals surface area contributed by atoms with Gasteiger partial charge in [0.05, 0.1) is 0 Å². The second-order valence-electron chi connectivity index (χ2n) is 3.93. The monoisotopic (exact) mass is 204 g/mol. The van der Waals surface area contributed by atoms with Crippen molar-refractivity contribution in [3.05, 3.63) is 22.5 Å². The molecule has 0 atom stereocenters. The Morgan fingerprint density at radius 2 is 2.40 bits per heavy atom. The molecule has 0 bridgehead atoms. The molecule has 1 aliphatic rings. The SMILES string of the molecule is CCn1cnc(=O)c2[nH]c(C3CC3)nc21. The highest BCUT2D eigenvalue weighted by Crippen LogP contribution is 2.38. The van der Waals surface area contributed by atoms with Crippen molar-refractivity contribution < 1.29 is 0 Å². The van der Waals surface area contributed by atoms with Crippen molar-refractivity contribution in [3.8, 4) is 0 Å². The second-order valence-corrected chi connectivity index (χ2v) is 3.93. The fourth-order valence-electron chi connectivity index (χ4n) is 1.76. The summed E-state index contributed by atoms with van der Waals surface area (Å²) in [6.07, 6.45) is 3.91. The molecule has 1 fully saturated rings. The van der Waals surface area contributed by atoms with E-state index in [9.17, 15) is 4.79 Å². The number of aromatic nitrogens is 4. The fraction of sp³-hybridized carbons (Fsp3) is 0.500. The van der Waals surface area contributed by atoms with Crippen LogP contribution in [0.3, 0.4) is 0 Å². The van der Waals surface area contributed by atoms with E-state index in [1.165, 1.54) is 12.8 Å². The summed E-state index contributed by atoms with van der Waals surface area (Å²) in [5.74, 6) is 1.47. The van der Waals surface area contributed by atoms with Gasteiger partial charge in [-0.3, -0.25) is 4.79 Å². The van der Waals surface area contributed by atoms with E-state index in [1.54, 1.807) is 6.33 Å². The number of hydrogen-bond acceptors (Lipinski definition) is 3. The molecule has 0 saturated heterocycles. The molecule has 1 aliphatic carbocycles. The number of nitrogens with zero attached hydrogens (tertiary/aromatic N) is 3. The molecule has 0 aliphatic heterocycles. The summed E-state index contributed by atoms with van der Waals surface area (Å²) in [6, 6.07) is 0. The van der Waals surface area contributed by atoms with Crippen molar-refractivity contribution in [2.24, 2.45) is 0 Å². The molecular weight excluding hydrogens is 192 g/mol. The van der Waals surface area contributed by atoms with E-state index in [0.717, 1.165) is 18.0 Å². The van der Waals surface area contributed by atoms with Crippen molar-refractivity contribution >= 4 is 11.2 Å². The summed E-state index contributed by atoms with van der Waals surface area (Å²) in [5.41, 5.74) is 1.06. The van der Waals surface area contributed by atoms with Gasteiger partial charge < -0.3 is 9.55 Å². The number of imidazole rings is 1. The van der Waals surface area contributed by atoms with E-state index in [4.69, 9.17) is 0 Å². The van der Waals surface area contributed by atoms with E-state index < -0.39 is 0 Å². The first-order chi connectivity index (χ1) is 7.29. The van der Waals surface area contributed by atoms with E-state index >= 15 is 0 Å². The van der Waals surface area contributed by atoms with Gasteiger partial charge in [-0.2, -0.15) is 4.98 Å². The maximum Gasteiger partial charge on any atom is 0.298 e. The van der Waals surface area contributed by atoms with Crippen LogP contribution in [0.2, 0.25) is 0 Å². The molecule has 0 radical (unpaired) electrons. The molecule has 0 aromatic carbocycles. The molecule has 0 spiro atoms. The molecule has 3 rings (SSSR count). The Kier molecular flexibility index (Phi) is 1.68. The predicted molar refractivity (Wildman–Crippen MR) is 55.8 cm³/mol. The predicted octanol–water partition coefficient (Wildman–Crippen LogP) is 1.02. The van der Waals surface area contributed by atoms with Gasteiger partial charge in [0.25, 0.3) is 5.56 Å². The van der Waals surface area contributed by atoms with Gasteiger partial charge >= 0.3 is 0 Å². The zero-order valence-corrected chi connectivity index (χ0v) is 8.53. The van der Waals surface area contributed by atoms with Crippen LogP contribution >= 0.6 is 0 Å². The van der Waals surface area contributed by atoms with Crippen LogP contribution in [0.1, 0.15) is 31.5 Å². The highest BCUT2D eigenvalue weighted by molar-refractivity contribution is 5.69. The number of nitrogens with one attached hydrogen (secondary N) is 1. The Hall–Kier alpha value is -1.65. The summed E-state index contributed by atoms with van der Waals surface area (Å²) < 4.78 is 1.89. The number of aryl methyl sites for hydroxylation is 1. The standard InChI is InChI=1S/C10H12N4O/c1-2-14-5-11-10(15)7-9(14)13-8(12-7)6-3-4-6/h5-6H,2-4H2,1H3,(H,12,13). The molecule has 1 N–H and O–H groups in total. The summed E-state index contributed by atoms with van der Waals surface area (Å²) in [6.45, 7) is 2.79. The van der Waals surface area contributed by atoms with Gasteiger partial charge in [-0.1, -0.05) is 0 Å². The van der Waals surface area contributed by atoms with Gasteiger partial charge in [0.15, 0.2) is 11.2 Å². The van der Waals surface area contributed by atoms with Gasteiger partial charge in [-0.25, -0.2) is 4.98 Å². The molecule has 2 aromatic rings. The van der Waals surface area contributed by atoms with E-state index in [-0.39, 0.29) is 5.56 Å². The molecule has 0 unspecified atom stereocenters. The van der Waals surface area contributed by atoms with Gasteiger partial charge in [0, 0.05) is 12.5 Å². The molecule has 2 aromatic heterocycles. The quantitative estimate of drug-likeness (QED) is 0.794. The Balaban J connectivity index is 2.30. The fourth-order valence-corrected chi connectivity index (χ4v) is 1.76. The van der Waals surface area contributed by atoms with Gasteiger partial charge in [-0.05, 0) is 19.8 Å². The van der Waals surface area contributed by atoms with Crippen molar-refractivity contribution in [1.82, 2.24) is 19.5 Å². The highest BCUT2D eigenvalue weighted by Gasteiger charge is 2.27. The summed E-state index contributed by atoms with van der Waals surface area (Å²) >= 11 is 0. The summed E-state index contributed by atoms with van der Waals surface area (Å²) in [5, 5.41) is 0. The molecule has 5 heteroatoms. The maximum absolute atomic E-state index is 11.5. The molecule has 5 nitrogen and oxygen atoms in total.